The number of rotatable bonds is 6. The van der Waals surface area contributed by atoms with Gasteiger partial charge in [0.05, 0.1) is 24.0 Å². The van der Waals surface area contributed by atoms with E-state index in [4.69, 9.17) is 4.74 Å². The van der Waals surface area contributed by atoms with E-state index in [1.165, 1.54) is 15.3 Å². The lowest BCUT2D eigenvalue weighted by molar-refractivity contribution is 0.0687. The molecule has 1 amide bonds. The number of hydrogen-bond acceptors (Lipinski definition) is 8. The molecule has 3 N–H and O–H groups in total. The molecule has 36 heavy (non-hydrogen) atoms. The molecule has 2 fully saturated rings. The van der Waals surface area contributed by atoms with E-state index in [0.717, 1.165) is 25.9 Å². The summed E-state index contributed by atoms with van der Waals surface area (Å²) in [5.41, 5.74) is 1.52. The maximum Gasteiger partial charge on any atom is 0.279 e. The molecule has 0 spiro atoms. The van der Waals surface area contributed by atoms with Gasteiger partial charge in [-0.25, -0.2) is 14.5 Å². The van der Waals surface area contributed by atoms with Crippen LogP contribution in [0.25, 0.3) is 11.5 Å². The minimum Gasteiger partial charge on any atom is -0.385 e. The first-order chi connectivity index (χ1) is 17.6. The maximum absolute atomic E-state index is 13.2. The van der Waals surface area contributed by atoms with Crippen LogP contribution in [0.5, 0.6) is 0 Å². The number of amides is 1. The van der Waals surface area contributed by atoms with E-state index in [-0.39, 0.29) is 23.6 Å². The summed E-state index contributed by atoms with van der Waals surface area (Å²) in [7, 11) is 1.76. The van der Waals surface area contributed by atoms with Crippen LogP contribution in [0, 0.1) is 5.92 Å². The first kappa shape index (κ1) is 22.2. The number of hydrogen-bond donors (Lipinski definition) is 3. The summed E-state index contributed by atoms with van der Waals surface area (Å²) in [4.78, 5) is 35.0. The average molecular weight is 487 g/mol. The van der Waals surface area contributed by atoms with Crippen molar-refractivity contribution in [2.24, 2.45) is 5.92 Å². The number of fused-ring (bicyclic) bond motifs is 2. The van der Waals surface area contributed by atoms with Crippen molar-refractivity contribution >= 4 is 28.7 Å². The molecule has 2 aliphatic rings. The predicted molar refractivity (Wildman–Crippen MR) is 134 cm³/mol. The van der Waals surface area contributed by atoms with E-state index >= 15 is 0 Å². The molecule has 4 aromatic heterocycles. The highest BCUT2D eigenvalue weighted by molar-refractivity contribution is 5.94. The number of anilines is 3. The molecule has 1 aliphatic carbocycles. The Hall–Kier alpha value is -4.25. The molecule has 1 aliphatic heterocycles. The zero-order chi connectivity index (χ0) is 24.6. The van der Waals surface area contributed by atoms with Gasteiger partial charge in [0.2, 0.25) is 0 Å². The third-order valence-electron chi connectivity index (χ3n) is 6.90. The van der Waals surface area contributed by atoms with E-state index in [1.807, 2.05) is 6.07 Å². The topological polar surface area (TPSA) is 127 Å². The van der Waals surface area contributed by atoms with Gasteiger partial charge in [0.25, 0.3) is 11.5 Å². The second kappa shape index (κ2) is 9.08. The molecule has 11 nitrogen and oxygen atoms in total. The lowest BCUT2D eigenvalue weighted by atomic mass is 10.0. The highest BCUT2D eigenvalue weighted by Gasteiger charge is 2.41. The van der Waals surface area contributed by atoms with Crippen molar-refractivity contribution in [1.29, 1.82) is 0 Å². The maximum atomic E-state index is 13.2. The zero-order valence-corrected chi connectivity index (χ0v) is 19.7. The number of aromatic nitrogens is 5. The molecule has 0 radical (unpaired) electrons. The minimum atomic E-state index is -0.278. The number of nitrogens with one attached hydrogen (secondary N) is 3. The van der Waals surface area contributed by atoms with E-state index in [2.05, 4.69) is 31.0 Å². The molecule has 11 heteroatoms. The summed E-state index contributed by atoms with van der Waals surface area (Å²) < 4.78 is 8.81. The van der Waals surface area contributed by atoms with Gasteiger partial charge in [0.1, 0.15) is 11.5 Å². The van der Waals surface area contributed by atoms with Crippen molar-refractivity contribution in [2.45, 2.75) is 31.4 Å². The SMILES string of the molecule is CNc1cc(Nc2cccn(-c3ccccn3)c2=O)nn2c(C(=O)N[C@@H]3CC[C@H]4CCO[C@H]43)cnc12. The van der Waals surface area contributed by atoms with Crippen LogP contribution in [0.2, 0.25) is 0 Å². The van der Waals surface area contributed by atoms with Gasteiger partial charge in [-0.3, -0.25) is 14.2 Å². The van der Waals surface area contributed by atoms with Crippen LogP contribution in [-0.4, -0.2) is 55.9 Å². The van der Waals surface area contributed by atoms with Crippen molar-refractivity contribution in [1.82, 2.24) is 29.5 Å². The summed E-state index contributed by atoms with van der Waals surface area (Å²) in [6.45, 7) is 0.751. The molecule has 5 heterocycles. The second-order valence-corrected chi connectivity index (χ2v) is 9.02. The van der Waals surface area contributed by atoms with Gasteiger partial charge < -0.3 is 20.7 Å². The summed E-state index contributed by atoms with van der Waals surface area (Å²) in [6.07, 6.45) is 7.89. The molecule has 3 atom stereocenters. The number of nitrogens with zero attached hydrogens (tertiary/aromatic N) is 5. The van der Waals surface area contributed by atoms with Crippen molar-refractivity contribution < 1.29 is 9.53 Å². The standard InChI is InChI=1S/C25H26N8O3/c1-26-18-13-20(29-17-5-4-11-32(25(17)35)21-6-2-3-10-27-21)31-33-19(14-28-23(18)33)24(34)30-16-8-7-15-9-12-36-22(15)16/h2-6,10-11,13-16,22,26H,7-9,12H2,1H3,(H,29,31)(H,30,34)/t15-,16+,22+/m0/s1. The normalized spacial score (nSPS) is 20.9. The van der Waals surface area contributed by atoms with Crippen LogP contribution < -0.4 is 21.5 Å². The van der Waals surface area contributed by atoms with Gasteiger partial charge in [-0.1, -0.05) is 6.07 Å². The zero-order valence-electron chi connectivity index (χ0n) is 19.7. The molecule has 6 rings (SSSR count). The molecular weight excluding hydrogens is 460 g/mol. The lowest BCUT2D eigenvalue weighted by Gasteiger charge is -2.19. The van der Waals surface area contributed by atoms with Crippen molar-refractivity contribution in [3.63, 3.8) is 0 Å². The Bertz CT molecular complexity index is 1480. The number of carbonyl (C=O) groups is 1. The molecule has 4 aromatic rings. The average Bonchev–Trinajstić information content (AvgIpc) is 3.63. The number of ether oxygens (including phenoxy) is 1. The molecule has 0 unspecified atom stereocenters. The van der Waals surface area contributed by atoms with Crippen molar-refractivity contribution in [3.05, 3.63) is 71.0 Å². The predicted octanol–water partition coefficient (Wildman–Crippen LogP) is 2.36. The summed E-state index contributed by atoms with van der Waals surface area (Å²) >= 11 is 0. The number of imidazole rings is 1. The van der Waals surface area contributed by atoms with Gasteiger partial charge in [-0.2, -0.15) is 0 Å². The quantitative estimate of drug-likeness (QED) is 0.379. The first-order valence-corrected chi connectivity index (χ1v) is 12.0. The fraction of sp³-hybridized carbons (Fsp3) is 0.320. The molecular formula is C25H26N8O3. The third kappa shape index (κ3) is 3.87. The molecule has 0 bridgehead atoms. The summed E-state index contributed by atoms with van der Waals surface area (Å²) in [5.74, 6) is 1.16. The minimum absolute atomic E-state index is 0.0185. The fourth-order valence-corrected chi connectivity index (χ4v) is 5.14. The van der Waals surface area contributed by atoms with Crippen LogP contribution in [0.15, 0.2) is 59.8 Å². The second-order valence-electron chi connectivity index (χ2n) is 9.02. The molecule has 1 saturated heterocycles. The smallest absolute Gasteiger partial charge is 0.279 e. The monoisotopic (exact) mass is 486 g/mol. The Morgan fingerprint density at radius 2 is 2.03 bits per heavy atom. The van der Waals surface area contributed by atoms with Crippen LogP contribution in [-0.2, 0) is 4.74 Å². The van der Waals surface area contributed by atoms with Gasteiger partial charge >= 0.3 is 0 Å². The van der Waals surface area contributed by atoms with Gasteiger partial charge in [0, 0.05) is 32.1 Å². The van der Waals surface area contributed by atoms with Crippen molar-refractivity contribution in [3.8, 4) is 5.82 Å². The highest BCUT2D eigenvalue weighted by Crippen LogP contribution is 2.36. The summed E-state index contributed by atoms with van der Waals surface area (Å²) in [6, 6.07) is 10.5. The van der Waals surface area contributed by atoms with E-state index in [0.29, 0.717) is 40.3 Å². The van der Waals surface area contributed by atoms with Crippen molar-refractivity contribution in [2.75, 3.05) is 24.3 Å². The van der Waals surface area contributed by atoms with E-state index < -0.39 is 0 Å². The number of pyridine rings is 2. The molecule has 184 valence electrons. The largest absolute Gasteiger partial charge is 0.385 e. The van der Waals surface area contributed by atoms with E-state index in [1.54, 1.807) is 49.8 Å². The highest BCUT2D eigenvalue weighted by atomic mass is 16.5. The fourth-order valence-electron chi connectivity index (χ4n) is 5.14. The van der Waals surface area contributed by atoms with Gasteiger partial charge in [-0.15, -0.1) is 5.10 Å². The van der Waals surface area contributed by atoms with Crippen LogP contribution in [0.4, 0.5) is 17.2 Å². The molecule has 0 aromatic carbocycles. The summed E-state index contributed by atoms with van der Waals surface area (Å²) in [5, 5.41) is 13.9. The third-order valence-corrected chi connectivity index (χ3v) is 6.90. The van der Waals surface area contributed by atoms with Crippen LogP contribution >= 0.6 is 0 Å². The Morgan fingerprint density at radius 1 is 1.11 bits per heavy atom. The van der Waals surface area contributed by atoms with E-state index in [9.17, 15) is 9.59 Å². The van der Waals surface area contributed by atoms with Gasteiger partial charge in [0.15, 0.2) is 17.2 Å². The molecule has 1 saturated carbocycles. The number of carbonyl (C=O) groups excluding carboxylic acids is 1. The van der Waals surface area contributed by atoms with Crippen LogP contribution in [0.1, 0.15) is 29.8 Å². The Balaban J connectivity index is 1.32. The lowest BCUT2D eigenvalue weighted by Crippen LogP contribution is -2.41. The van der Waals surface area contributed by atoms with Gasteiger partial charge in [-0.05, 0) is 49.4 Å². The van der Waals surface area contributed by atoms with Crippen LogP contribution in [0.3, 0.4) is 0 Å². The Labute approximate surface area is 206 Å². The first-order valence-electron chi connectivity index (χ1n) is 12.0. The Kier molecular flexibility index (Phi) is 5.61. The Morgan fingerprint density at radius 3 is 2.86 bits per heavy atom.